The minimum absolute atomic E-state index is 0.0688. The summed E-state index contributed by atoms with van der Waals surface area (Å²) in [6, 6.07) is 9.54. The summed E-state index contributed by atoms with van der Waals surface area (Å²) in [5.74, 6) is 2.43. The number of benzene rings is 2. The van der Waals surface area contributed by atoms with Crippen LogP contribution in [-0.2, 0) is 16.4 Å². The first-order valence-corrected chi connectivity index (χ1v) is 13.2. The van der Waals surface area contributed by atoms with Gasteiger partial charge in [0.2, 0.25) is 17.5 Å². The summed E-state index contributed by atoms with van der Waals surface area (Å²) in [4.78, 5) is 7.99. The molecule has 0 spiro atoms. The van der Waals surface area contributed by atoms with Crippen LogP contribution in [0.3, 0.4) is 0 Å². The molecule has 0 bridgehead atoms. The molecule has 2 aromatic carbocycles. The highest BCUT2D eigenvalue weighted by Crippen LogP contribution is 2.38. The van der Waals surface area contributed by atoms with Gasteiger partial charge in [0.15, 0.2) is 11.5 Å². The van der Waals surface area contributed by atoms with Gasteiger partial charge in [-0.25, -0.2) is 13.4 Å². The number of aromatic nitrogens is 4. The standard InChI is InChI=1S/C14H18N4O3.C9H10N4O3S2/c1-19-10-5-8(6-11(20-2)12(10)21-3)4-9-7-17-14(16)18-13(9)15;1-16-9-8(11-17-12-9)13-18(14,15)7-4-2-6(10)3-5-7/h5-7H,4H2,1-3H3,(H4,15,16,17,18);2-5H,10H2,1H3,(H,11,13). The number of hydrogen-bond acceptors (Lipinski definition) is 14. The minimum atomic E-state index is -3.71. The van der Waals surface area contributed by atoms with Gasteiger partial charge in [0.05, 0.1) is 45.1 Å². The molecule has 0 radical (unpaired) electrons. The molecule has 0 saturated carbocycles. The van der Waals surface area contributed by atoms with E-state index in [1.165, 1.54) is 31.4 Å². The van der Waals surface area contributed by atoms with Gasteiger partial charge < -0.3 is 36.1 Å². The molecule has 4 rings (SSSR count). The van der Waals surface area contributed by atoms with Crippen molar-refractivity contribution in [1.82, 2.24) is 18.7 Å². The monoisotopic (exact) mass is 576 g/mol. The number of nitrogens with one attached hydrogen (secondary N) is 1. The number of sulfonamides is 1. The zero-order chi connectivity index (χ0) is 28.6. The highest BCUT2D eigenvalue weighted by atomic mass is 32.2. The molecule has 39 heavy (non-hydrogen) atoms. The Morgan fingerprint density at radius 2 is 1.54 bits per heavy atom. The van der Waals surface area contributed by atoms with E-state index in [9.17, 15) is 8.42 Å². The van der Waals surface area contributed by atoms with Crippen LogP contribution in [0.4, 0.5) is 23.3 Å². The van der Waals surface area contributed by atoms with Crippen molar-refractivity contribution < 1.29 is 27.4 Å². The first kappa shape index (κ1) is 29.0. The molecular weight excluding hydrogens is 548 g/mol. The fraction of sp³-hybridized carbons (Fsp3) is 0.217. The first-order chi connectivity index (χ1) is 18.6. The zero-order valence-corrected chi connectivity index (χ0v) is 23.2. The van der Waals surface area contributed by atoms with E-state index in [-0.39, 0.29) is 22.5 Å². The molecular formula is C23H28N8O6S2. The van der Waals surface area contributed by atoms with E-state index in [1.807, 2.05) is 12.1 Å². The molecule has 2 heterocycles. The summed E-state index contributed by atoms with van der Waals surface area (Å²) in [6.07, 6.45) is 2.14. The Hall–Kier alpha value is -4.57. The molecule has 0 unspecified atom stereocenters. The van der Waals surface area contributed by atoms with Crippen molar-refractivity contribution in [2.75, 3.05) is 50.4 Å². The summed E-state index contributed by atoms with van der Waals surface area (Å²) in [5.41, 5.74) is 19.0. The van der Waals surface area contributed by atoms with Crippen LogP contribution in [0.15, 0.2) is 47.5 Å². The molecule has 4 aromatic rings. The van der Waals surface area contributed by atoms with Gasteiger partial charge in [-0.1, -0.05) is 0 Å². The maximum Gasteiger partial charge on any atom is 0.271 e. The van der Waals surface area contributed by atoms with Gasteiger partial charge in [0, 0.05) is 23.9 Å². The molecule has 16 heteroatoms. The van der Waals surface area contributed by atoms with Crippen molar-refractivity contribution in [2.45, 2.75) is 11.3 Å². The molecule has 14 nitrogen and oxygen atoms in total. The average Bonchev–Trinajstić information content (AvgIpc) is 3.36. The average molecular weight is 577 g/mol. The van der Waals surface area contributed by atoms with Crippen molar-refractivity contribution in [3.63, 3.8) is 0 Å². The van der Waals surface area contributed by atoms with E-state index >= 15 is 0 Å². The fourth-order valence-corrected chi connectivity index (χ4v) is 4.78. The fourth-order valence-electron chi connectivity index (χ4n) is 3.24. The molecule has 0 amide bonds. The lowest BCUT2D eigenvalue weighted by molar-refractivity contribution is 0.324. The summed E-state index contributed by atoms with van der Waals surface area (Å²) in [5, 5.41) is 0. The predicted octanol–water partition coefficient (Wildman–Crippen LogP) is 2.19. The minimum Gasteiger partial charge on any atom is -0.493 e. The summed E-state index contributed by atoms with van der Waals surface area (Å²) in [6.45, 7) is 0. The van der Waals surface area contributed by atoms with Crippen molar-refractivity contribution >= 4 is 45.0 Å². The van der Waals surface area contributed by atoms with E-state index in [1.54, 1.807) is 27.5 Å². The Morgan fingerprint density at radius 3 is 2.08 bits per heavy atom. The number of hydrogen-bond donors (Lipinski definition) is 4. The summed E-state index contributed by atoms with van der Waals surface area (Å²) < 4.78 is 54.7. The van der Waals surface area contributed by atoms with E-state index in [0.29, 0.717) is 35.2 Å². The molecule has 0 atom stereocenters. The van der Waals surface area contributed by atoms with Gasteiger partial charge in [0.1, 0.15) is 5.82 Å². The van der Waals surface area contributed by atoms with Crippen LogP contribution >= 0.6 is 11.7 Å². The molecule has 0 saturated heterocycles. The highest BCUT2D eigenvalue weighted by Gasteiger charge is 2.19. The van der Waals surface area contributed by atoms with Gasteiger partial charge >= 0.3 is 0 Å². The first-order valence-electron chi connectivity index (χ1n) is 11.0. The summed E-state index contributed by atoms with van der Waals surface area (Å²) in [7, 11) is 2.38. The number of methoxy groups -OCH3 is 4. The second kappa shape index (κ2) is 12.8. The third kappa shape index (κ3) is 7.26. The maximum atomic E-state index is 12.0. The lowest BCUT2D eigenvalue weighted by Gasteiger charge is -2.14. The quantitative estimate of drug-likeness (QED) is 0.211. The van der Waals surface area contributed by atoms with Gasteiger partial charge in [-0.05, 0) is 42.0 Å². The van der Waals surface area contributed by atoms with Crippen LogP contribution in [0.2, 0.25) is 0 Å². The number of ether oxygens (including phenoxy) is 4. The Bertz CT molecular complexity index is 1490. The summed E-state index contributed by atoms with van der Waals surface area (Å²) >= 11 is 0.857. The topological polar surface area (TPSA) is 213 Å². The molecule has 7 N–H and O–H groups in total. The number of nitrogen functional groups attached to an aromatic ring is 3. The second-order valence-corrected chi connectivity index (χ2v) is 9.86. The van der Waals surface area contributed by atoms with Crippen molar-refractivity contribution in [2.24, 2.45) is 0 Å². The molecule has 0 aliphatic heterocycles. The normalized spacial score (nSPS) is 10.7. The van der Waals surface area contributed by atoms with Crippen LogP contribution < -0.4 is 40.9 Å². The number of anilines is 4. The third-order valence-corrected chi connectivity index (χ3v) is 6.98. The van der Waals surface area contributed by atoms with Crippen molar-refractivity contribution in [3.05, 3.63) is 53.7 Å². The highest BCUT2D eigenvalue weighted by molar-refractivity contribution is 7.92. The zero-order valence-electron chi connectivity index (χ0n) is 21.5. The smallest absolute Gasteiger partial charge is 0.271 e. The van der Waals surface area contributed by atoms with Gasteiger partial charge in [-0.2, -0.15) is 9.36 Å². The lowest BCUT2D eigenvalue weighted by Crippen LogP contribution is -2.13. The van der Waals surface area contributed by atoms with Crippen LogP contribution in [0, 0.1) is 0 Å². The van der Waals surface area contributed by atoms with Gasteiger partial charge in [-0.15, -0.1) is 4.37 Å². The number of nitrogens with two attached hydrogens (primary N) is 3. The van der Waals surface area contributed by atoms with Crippen LogP contribution in [0.5, 0.6) is 23.1 Å². The van der Waals surface area contributed by atoms with Crippen molar-refractivity contribution in [3.8, 4) is 23.1 Å². The Balaban J connectivity index is 0.000000218. The largest absolute Gasteiger partial charge is 0.493 e. The number of rotatable bonds is 9. The Kier molecular flexibility index (Phi) is 9.51. The van der Waals surface area contributed by atoms with Gasteiger partial charge in [0.25, 0.3) is 15.9 Å². The molecule has 0 aliphatic carbocycles. The SMILES string of the molecule is COc1cc(Cc2cnc(N)nc2N)cc(OC)c1OC.COc1nsnc1NS(=O)(=O)c1ccc(N)cc1. The molecule has 0 fully saturated rings. The lowest BCUT2D eigenvalue weighted by atomic mass is 10.1. The van der Waals surface area contributed by atoms with Crippen LogP contribution in [-0.4, -0.2) is 55.6 Å². The maximum absolute atomic E-state index is 12.0. The van der Waals surface area contributed by atoms with Gasteiger partial charge in [-0.3, -0.25) is 4.72 Å². The van der Waals surface area contributed by atoms with E-state index in [0.717, 1.165) is 22.9 Å². The van der Waals surface area contributed by atoms with E-state index in [2.05, 4.69) is 23.4 Å². The predicted molar refractivity (Wildman–Crippen MR) is 148 cm³/mol. The second-order valence-electron chi connectivity index (χ2n) is 7.65. The van der Waals surface area contributed by atoms with E-state index < -0.39 is 10.0 Å². The molecule has 208 valence electrons. The van der Waals surface area contributed by atoms with Crippen LogP contribution in [0.25, 0.3) is 0 Å². The van der Waals surface area contributed by atoms with Crippen molar-refractivity contribution in [1.29, 1.82) is 0 Å². The Labute approximate surface area is 229 Å². The third-order valence-electron chi connectivity index (χ3n) is 5.11. The number of nitrogens with zero attached hydrogens (tertiary/aromatic N) is 4. The molecule has 0 aliphatic rings. The molecule has 2 aromatic heterocycles. The Morgan fingerprint density at radius 1 is 0.897 bits per heavy atom. The van der Waals surface area contributed by atoms with E-state index in [4.69, 9.17) is 36.1 Å². The van der Waals surface area contributed by atoms with Crippen LogP contribution in [0.1, 0.15) is 11.1 Å².